The highest BCUT2D eigenvalue weighted by atomic mass is 16.5. The molecule has 0 saturated carbocycles. The molecule has 1 heterocycles. The predicted molar refractivity (Wildman–Crippen MR) is 71.0 cm³/mol. The number of carbonyl (C=O) groups excluding carboxylic acids is 1. The van der Waals surface area contributed by atoms with Crippen molar-refractivity contribution in [1.82, 2.24) is 10.6 Å². The Labute approximate surface area is 113 Å². The predicted octanol–water partition coefficient (Wildman–Crippen LogP) is 1.21. The van der Waals surface area contributed by atoms with Gasteiger partial charge in [-0.05, 0) is 24.7 Å². The van der Waals surface area contributed by atoms with Crippen molar-refractivity contribution in [1.29, 1.82) is 0 Å². The van der Waals surface area contributed by atoms with Crippen LogP contribution in [0.15, 0.2) is 0 Å². The number of aliphatic carboxylic acids is 1. The minimum Gasteiger partial charge on any atom is -0.480 e. The van der Waals surface area contributed by atoms with Gasteiger partial charge in [0.05, 0.1) is 6.61 Å². The summed E-state index contributed by atoms with van der Waals surface area (Å²) in [6, 6.07) is -1.26. The fourth-order valence-electron chi connectivity index (χ4n) is 2.08. The molecule has 1 fully saturated rings. The summed E-state index contributed by atoms with van der Waals surface area (Å²) >= 11 is 0. The van der Waals surface area contributed by atoms with Crippen LogP contribution in [0.1, 0.15) is 33.1 Å². The molecule has 19 heavy (non-hydrogen) atoms. The molecule has 2 unspecified atom stereocenters. The van der Waals surface area contributed by atoms with Gasteiger partial charge in [0.25, 0.3) is 0 Å². The third-order valence-electron chi connectivity index (χ3n) is 3.57. The lowest BCUT2D eigenvalue weighted by molar-refractivity contribution is -0.140. The number of carbonyl (C=O) groups is 2. The average Bonchev–Trinajstić information content (AvgIpc) is 2.42. The second-order valence-electron chi connectivity index (χ2n) is 5.14. The SMILES string of the molecule is CCC(C)[C@H](NC(=O)NCC1CCCOC1)C(=O)O. The van der Waals surface area contributed by atoms with Crippen molar-refractivity contribution in [2.45, 2.75) is 39.2 Å². The first-order chi connectivity index (χ1) is 9.04. The minimum atomic E-state index is -0.995. The van der Waals surface area contributed by atoms with Crippen LogP contribution in [0.25, 0.3) is 0 Å². The van der Waals surface area contributed by atoms with Crippen molar-refractivity contribution in [3.63, 3.8) is 0 Å². The molecular weight excluding hydrogens is 248 g/mol. The average molecular weight is 272 g/mol. The lowest BCUT2D eigenvalue weighted by atomic mass is 9.99. The smallest absolute Gasteiger partial charge is 0.326 e. The summed E-state index contributed by atoms with van der Waals surface area (Å²) in [6.45, 7) is 5.69. The Bertz CT molecular complexity index is 303. The van der Waals surface area contributed by atoms with E-state index in [0.29, 0.717) is 25.5 Å². The number of amides is 2. The van der Waals surface area contributed by atoms with E-state index in [0.717, 1.165) is 19.4 Å². The highest BCUT2D eigenvalue weighted by Gasteiger charge is 2.25. The molecule has 1 aliphatic rings. The first-order valence-electron chi connectivity index (χ1n) is 6.89. The van der Waals surface area contributed by atoms with E-state index in [2.05, 4.69) is 10.6 Å². The highest BCUT2D eigenvalue weighted by molar-refractivity contribution is 5.82. The normalized spacial score (nSPS) is 22.3. The van der Waals surface area contributed by atoms with Gasteiger partial charge >= 0.3 is 12.0 Å². The van der Waals surface area contributed by atoms with E-state index in [9.17, 15) is 9.59 Å². The zero-order chi connectivity index (χ0) is 14.3. The summed E-state index contributed by atoms with van der Waals surface area (Å²) in [5.41, 5.74) is 0. The zero-order valence-corrected chi connectivity index (χ0v) is 11.6. The molecule has 1 rings (SSSR count). The number of urea groups is 1. The molecule has 0 aromatic heterocycles. The monoisotopic (exact) mass is 272 g/mol. The summed E-state index contributed by atoms with van der Waals surface area (Å²) in [5, 5.41) is 14.3. The number of hydrogen-bond donors (Lipinski definition) is 3. The van der Waals surface area contributed by atoms with Crippen LogP contribution in [0.3, 0.4) is 0 Å². The third-order valence-corrected chi connectivity index (χ3v) is 3.57. The maximum absolute atomic E-state index is 11.7. The quantitative estimate of drug-likeness (QED) is 0.678. The molecule has 6 heteroatoms. The third kappa shape index (κ3) is 5.46. The number of carboxylic acids is 1. The molecule has 1 saturated heterocycles. The Balaban J connectivity index is 2.33. The molecule has 0 bridgehead atoms. The fraction of sp³-hybridized carbons (Fsp3) is 0.846. The summed E-state index contributed by atoms with van der Waals surface area (Å²) in [7, 11) is 0. The van der Waals surface area contributed by atoms with Gasteiger partial charge in [0.2, 0.25) is 0 Å². The lowest BCUT2D eigenvalue weighted by Gasteiger charge is -2.24. The molecule has 3 atom stereocenters. The summed E-state index contributed by atoms with van der Waals surface area (Å²) in [4.78, 5) is 22.8. The molecule has 0 aromatic rings. The largest absolute Gasteiger partial charge is 0.480 e. The van der Waals surface area contributed by atoms with E-state index in [4.69, 9.17) is 9.84 Å². The van der Waals surface area contributed by atoms with Crippen molar-refractivity contribution < 1.29 is 19.4 Å². The summed E-state index contributed by atoms with van der Waals surface area (Å²) in [5.74, 6) is -0.766. The van der Waals surface area contributed by atoms with Crippen LogP contribution in [-0.2, 0) is 9.53 Å². The Morgan fingerprint density at radius 2 is 2.21 bits per heavy atom. The number of nitrogens with one attached hydrogen (secondary N) is 2. The van der Waals surface area contributed by atoms with E-state index in [1.807, 2.05) is 13.8 Å². The van der Waals surface area contributed by atoms with Gasteiger partial charge in [0.1, 0.15) is 6.04 Å². The van der Waals surface area contributed by atoms with Crippen LogP contribution >= 0.6 is 0 Å². The minimum absolute atomic E-state index is 0.0961. The molecular formula is C13H24N2O4. The Hall–Kier alpha value is -1.30. The molecule has 3 N–H and O–H groups in total. The maximum atomic E-state index is 11.7. The van der Waals surface area contributed by atoms with E-state index in [-0.39, 0.29) is 5.92 Å². The molecule has 110 valence electrons. The Kier molecular flexibility index (Phi) is 6.62. The second kappa shape index (κ2) is 7.99. The van der Waals surface area contributed by atoms with Crippen LogP contribution < -0.4 is 10.6 Å². The van der Waals surface area contributed by atoms with Crippen molar-refractivity contribution >= 4 is 12.0 Å². The van der Waals surface area contributed by atoms with Crippen molar-refractivity contribution in [2.24, 2.45) is 11.8 Å². The Morgan fingerprint density at radius 1 is 1.47 bits per heavy atom. The lowest BCUT2D eigenvalue weighted by Crippen LogP contribution is -2.50. The topological polar surface area (TPSA) is 87.7 Å². The van der Waals surface area contributed by atoms with Gasteiger partial charge in [-0.1, -0.05) is 20.3 Å². The van der Waals surface area contributed by atoms with E-state index in [1.54, 1.807) is 0 Å². The van der Waals surface area contributed by atoms with Crippen LogP contribution in [0.4, 0.5) is 4.79 Å². The first-order valence-corrected chi connectivity index (χ1v) is 6.89. The van der Waals surface area contributed by atoms with Crippen LogP contribution in [0.2, 0.25) is 0 Å². The van der Waals surface area contributed by atoms with Crippen LogP contribution in [-0.4, -0.2) is 42.9 Å². The molecule has 6 nitrogen and oxygen atoms in total. The number of carboxylic acid groups (broad SMARTS) is 1. The number of rotatable bonds is 6. The van der Waals surface area contributed by atoms with Crippen LogP contribution in [0.5, 0.6) is 0 Å². The zero-order valence-electron chi connectivity index (χ0n) is 11.6. The maximum Gasteiger partial charge on any atom is 0.326 e. The molecule has 0 spiro atoms. The first kappa shape index (κ1) is 15.8. The van der Waals surface area contributed by atoms with Gasteiger partial charge in [-0.3, -0.25) is 0 Å². The summed E-state index contributed by atoms with van der Waals surface area (Å²) < 4.78 is 5.32. The van der Waals surface area contributed by atoms with Crippen molar-refractivity contribution in [2.75, 3.05) is 19.8 Å². The molecule has 0 aromatic carbocycles. The van der Waals surface area contributed by atoms with Crippen LogP contribution in [0, 0.1) is 11.8 Å². The number of hydrogen-bond acceptors (Lipinski definition) is 3. The van der Waals surface area contributed by atoms with Gasteiger partial charge in [-0.2, -0.15) is 0 Å². The van der Waals surface area contributed by atoms with E-state index in [1.165, 1.54) is 0 Å². The van der Waals surface area contributed by atoms with Gasteiger partial charge < -0.3 is 20.5 Å². The van der Waals surface area contributed by atoms with Crippen molar-refractivity contribution in [3.05, 3.63) is 0 Å². The molecule has 1 aliphatic heterocycles. The second-order valence-corrected chi connectivity index (χ2v) is 5.14. The number of ether oxygens (including phenoxy) is 1. The van der Waals surface area contributed by atoms with E-state index >= 15 is 0 Å². The molecule has 0 aliphatic carbocycles. The van der Waals surface area contributed by atoms with Gasteiger partial charge in [-0.15, -0.1) is 0 Å². The molecule has 0 radical (unpaired) electrons. The molecule has 2 amide bonds. The fourth-order valence-corrected chi connectivity index (χ4v) is 2.08. The van der Waals surface area contributed by atoms with Gasteiger partial charge in [0.15, 0.2) is 0 Å². The Morgan fingerprint density at radius 3 is 2.74 bits per heavy atom. The summed E-state index contributed by atoms with van der Waals surface area (Å²) in [6.07, 6.45) is 2.75. The van der Waals surface area contributed by atoms with E-state index < -0.39 is 18.0 Å². The standard InChI is InChI=1S/C13H24N2O4/c1-3-9(2)11(12(16)17)15-13(18)14-7-10-5-4-6-19-8-10/h9-11H,3-8H2,1-2H3,(H,16,17)(H2,14,15,18)/t9?,10?,11-/m0/s1. The highest BCUT2D eigenvalue weighted by Crippen LogP contribution is 2.12. The van der Waals surface area contributed by atoms with Gasteiger partial charge in [0, 0.05) is 13.2 Å². The van der Waals surface area contributed by atoms with Crippen molar-refractivity contribution in [3.8, 4) is 0 Å². The van der Waals surface area contributed by atoms with Gasteiger partial charge in [-0.25, -0.2) is 9.59 Å².